The fraction of sp³-hybridized carbons (Fsp3) is 0.467. The van der Waals surface area contributed by atoms with Gasteiger partial charge in [0.1, 0.15) is 0 Å². The largest absolute Gasteiger partial charge is 0.437 e. The molecule has 2 unspecified atom stereocenters. The third kappa shape index (κ3) is 2.20. The summed E-state index contributed by atoms with van der Waals surface area (Å²) in [5, 5.41) is 3.29. The van der Waals surface area contributed by atoms with Crippen LogP contribution in [0.15, 0.2) is 24.3 Å². The van der Waals surface area contributed by atoms with Crippen molar-refractivity contribution in [1.82, 2.24) is 15.3 Å². The van der Waals surface area contributed by atoms with Gasteiger partial charge in [-0.15, -0.1) is 0 Å². The number of anilines is 1. The number of hydrogen-bond donors (Lipinski definition) is 1. The number of para-hydroxylation sites is 2. The third-order valence-electron chi connectivity index (χ3n) is 4.51. The number of nitrogens with zero attached hydrogens (tertiary/aromatic N) is 3. The molecule has 2 aliphatic rings. The summed E-state index contributed by atoms with van der Waals surface area (Å²) in [5.41, 5.74) is -0.0977. The highest BCUT2D eigenvalue weighted by Gasteiger charge is 2.43. The van der Waals surface area contributed by atoms with Crippen molar-refractivity contribution in [2.24, 2.45) is 11.8 Å². The highest BCUT2D eigenvalue weighted by atomic mass is 19.4. The first-order valence-corrected chi connectivity index (χ1v) is 7.32. The van der Waals surface area contributed by atoms with Crippen LogP contribution >= 0.6 is 0 Å². The predicted molar refractivity (Wildman–Crippen MR) is 76.6 cm³/mol. The van der Waals surface area contributed by atoms with Gasteiger partial charge in [-0.25, -0.2) is 9.97 Å². The maximum Gasteiger partial charge on any atom is 0.437 e. The van der Waals surface area contributed by atoms with Gasteiger partial charge in [-0.05, 0) is 24.0 Å². The third-order valence-corrected chi connectivity index (χ3v) is 4.51. The minimum absolute atomic E-state index is 0.0272. The summed E-state index contributed by atoms with van der Waals surface area (Å²) in [7, 11) is 0. The lowest BCUT2D eigenvalue weighted by molar-refractivity contribution is -0.140. The Bertz CT molecular complexity index is 703. The Morgan fingerprint density at radius 3 is 2.18 bits per heavy atom. The summed E-state index contributed by atoms with van der Waals surface area (Å²) >= 11 is 0. The SMILES string of the molecule is FC(F)(F)c1nc2ccccc2nc1N1CC2CNCC2C1. The zero-order valence-electron chi connectivity index (χ0n) is 11.8. The van der Waals surface area contributed by atoms with E-state index in [-0.39, 0.29) is 11.3 Å². The lowest BCUT2D eigenvalue weighted by Crippen LogP contribution is -2.29. The number of aromatic nitrogens is 2. The first-order valence-electron chi connectivity index (χ1n) is 7.32. The van der Waals surface area contributed by atoms with Crippen LogP contribution in [-0.4, -0.2) is 36.1 Å². The molecule has 7 heteroatoms. The molecule has 0 saturated carbocycles. The molecule has 0 amide bonds. The monoisotopic (exact) mass is 308 g/mol. The maximum atomic E-state index is 13.4. The molecule has 3 heterocycles. The van der Waals surface area contributed by atoms with E-state index in [0.29, 0.717) is 30.4 Å². The molecule has 4 nitrogen and oxygen atoms in total. The zero-order valence-corrected chi connectivity index (χ0v) is 11.8. The number of fused-ring (bicyclic) bond motifs is 2. The number of halogens is 3. The second-order valence-electron chi connectivity index (χ2n) is 5.97. The summed E-state index contributed by atoms with van der Waals surface area (Å²) < 4.78 is 40.1. The Labute approximate surface area is 125 Å². The van der Waals surface area contributed by atoms with Gasteiger partial charge in [0, 0.05) is 26.2 Å². The van der Waals surface area contributed by atoms with Crippen LogP contribution in [0.4, 0.5) is 19.0 Å². The lowest BCUT2D eigenvalue weighted by atomic mass is 10.0. The number of alkyl halides is 3. The number of nitrogens with one attached hydrogen (secondary N) is 1. The van der Waals surface area contributed by atoms with E-state index in [2.05, 4.69) is 15.3 Å². The molecule has 2 saturated heterocycles. The molecule has 1 N–H and O–H groups in total. The van der Waals surface area contributed by atoms with Gasteiger partial charge < -0.3 is 10.2 Å². The molecule has 2 aliphatic heterocycles. The molecule has 4 rings (SSSR count). The molecule has 0 bridgehead atoms. The van der Waals surface area contributed by atoms with Crippen molar-refractivity contribution in [2.75, 3.05) is 31.1 Å². The van der Waals surface area contributed by atoms with Crippen molar-refractivity contribution in [3.63, 3.8) is 0 Å². The van der Waals surface area contributed by atoms with E-state index >= 15 is 0 Å². The van der Waals surface area contributed by atoms with Crippen molar-refractivity contribution in [1.29, 1.82) is 0 Å². The molecule has 0 spiro atoms. The standard InChI is InChI=1S/C15H15F3N4/c16-15(17,18)13-14(21-12-4-2-1-3-11(12)20-13)22-7-9-5-19-6-10(9)8-22/h1-4,9-10,19H,5-8H2. The first kappa shape index (κ1) is 13.8. The van der Waals surface area contributed by atoms with Crippen LogP contribution in [-0.2, 0) is 6.18 Å². The minimum Gasteiger partial charge on any atom is -0.354 e. The van der Waals surface area contributed by atoms with Crippen molar-refractivity contribution in [3.8, 4) is 0 Å². The van der Waals surface area contributed by atoms with Crippen LogP contribution in [0.5, 0.6) is 0 Å². The molecule has 2 aromatic rings. The van der Waals surface area contributed by atoms with E-state index in [1.54, 1.807) is 29.2 Å². The van der Waals surface area contributed by atoms with Crippen LogP contribution in [0, 0.1) is 11.8 Å². The second kappa shape index (κ2) is 4.81. The zero-order chi connectivity index (χ0) is 15.3. The summed E-state index contributed by atoms with van der Waals surface area (Å²) in [6.07, 6.45) is -4.50. The van der Waals surface area contributed by atoms with Crippen molar-refractivity contribution in [2.45, 2.75) is 6.18 Å². The highest BCUT2D eigenvalue weighted by Crippen LogP contribution is 2.38. The van der Waals surface area contributed by atoms with Gasteiger partial charge in [0.15, 0.2) is 11.5 Å². The molecule has 116 valence electrons. The minimum atomic E-state index is -4.50. The smallest absolute Gasteiger partial charge is 0.354 e. The number of hydrogen-bond acceptors (Lipinski definition) is 4. The Balaban J connectivity index is 1.81. The maximum absolute atomic E-state index is 13.4. The first-order chi connectivity index (χ1) is 10.5. The van der Waals surface area contributed by atoms with Gasteiger partial charge in [0.2, 0.25) is 0 Å². The molecule has 2 atom stereocenters. The Hall–Kier alpha value is -1.89. The normalized spacial score (nSPS) is 25.0. The van der Waals surface area contributed by atoms with Gasteiger partial charge in [0.05, 0.1) is 11.0 Å². The highest BCUT2D eigenvalue weighted by molar-refractivity contribution is 5.76. The molecule has 1 aromatic carbocycles. The molecular formula is C15H15F3N4. The average Bonchev–Trinajstić information content (AvgIpc) is 3.06. The average molecular weight is 308 g/mol. The van der Waals surface area contributed by atoms with E-state index in [1.165, 1.54) is 0 Å². The summed E-state index contributed by atoms with van der Waals surface area (Å²) in [6, 6.07) is 6.69. The topological polar surface area (TPSA) is 41.1 Å². The Kier molecular flexibility index (Phi) is 3.00. The molecule has 1 aromatic heterocycles. The summed E-state index contributed by atoms with van der Waals surface area (Å²) in [4.78, 5) is 9.86. The molecular weight excluding hydrogens is 293 g/mol. The fourth-order valence-corrected chi connectivity index (χ4v) is 3.43. The summed E-state index contributed by atoms with van der Waals surface area (Å²) in [5.74, 6) is 0.768. The van der Waals surface area contributed by atoms with Crippen LogP contribution < -0.4 is 10.2 Å². The van der Waals surface area contributed by atoms with Gasteiger partial charge in [-0.1, -0.05) is 12.1 Å². The van der Waals surface area contributed by atoms with E-state index in [1.807, 2.05) is 0 Å². The van der Waals surface area contributed by atoms with Gasteiger partial charge in [0.25, 0.3) is 0 Å². The van der Waals surface area contributed by atoms with E-state index in [9.17, 15) is 13.2 Å². The number of rotatable bonds is 1. The van der Waals surface area contributed by atoms with E-state index in [4.69, 9.17) is 0 Å². The second-order valence-corrected chi connectivity index (χ2v) is 5.97. The van der Waals surface area contributed by atoms with Gasteiger partial charge >= 0.3 is 6.18 Å². The molecule has 0 aliphatic carbocycles. The van der Waals surface area contributed by atoms with Crippen molar-refractivity contribution < 1.29 is 13.2 Å². The number of benzene rings is 1. The Morgan fingerprint density at radius 1 is 1.00 bits per heavy atom. The van der Waals surface area contributed by atoms with E-state index < -0.39 is 11.9 Å². The molecule has 0 radical (unpaired) electrons. The van der Waals surface area contributed by atoms with E-state index in [0.717, 1.165) is 13.1 Å². The quantitative estimate of drug-likeness (QED) is 0.878. The van der Waals surface area contributed by atoms with Crippen LogP contribution in [0.3, 0.4) is 0 Å². The van der Waals surface area contributed by atoms with Crippen LogP contribution in [0.2, 0.25) is 0 Å². The Morgan fingerprint density at radius 2 is 1.59 bits per heavy atom. The van der Waals surface area contributed by atoms with Crippen molar-refractivity contribution >= 4 is 16.9 Å². The van der Waals surface area contributed by atoms with Crippen LogP contribution in [0.1, 0.15) is 5.69 Å². The fourth-order valence-electron chi connectivity index (χ4n) is 3.43. The van der Waals surface area contributed by atoms with Gasteiger partial charge in [-0.3, -0.25) is 0 Å². The lowest BCUT2D eigenvalue weighted by Gasteiger charge is -2.22. The van der Waals surface area contributed by atoms with Gasteiger partial charge in [-0.2, -0.15) is 13.2 Å². The van der Waals surface area contributed by atoms with Crippen molar-refractivity contribution in [3.05, 3.63) is 30.0 Å². The molecule has 22 heavy (non-hydrogen) atoms. The summed E-state index contributed by atoms with van der Waals surface area (Å²) in [6.45, 7) is 2.94. The molecule has 2 fully saturated rings. The predicted octanol–water partition coefficient (Wildman–Crippen LogP) is 2.30. The van der Waals surface area contributed by atoms with Crippen LogP contribution in [0.25, 0.3) is 11.0 Å².